The Hall–Kier alpha value is -3.56. The van der Waals surface area contributed by atoms with E-state index in [9.17, 15) is 13.7 Å². The molecule has 0 aliphatic carbocycles. The average molecular weight is 420 g/mol. The summed E-state index contributed by atoms with van der Waals surface area (Å²) in [4.78, 5) is -0.264. The van der Waals surface area contributed by atoms with E-state index in [0.29, 0.717) is 30.3 Å². The lowest BCUT2D eigenvalue weighted by molar-refractivity contribution is 0.269. The fourth-order valence-electron chi connectivity index (χ4n) is 2.79. The summed E-state index contributed by atoms with van der Waals surface area (Å²) in [7, 11) is -3.90. The van der Waals surface area contributed by atoms with Gasteiger partial charge in [0.15, 0.2) is 11.5 Å². The van der Waals surface area contributed by atoms with Gasteiger partial charge in [0.25, 0.3) is 0 Å². The molecular weight excluding hydrogens is 398 g/mol. The molecule has 5 nitrogen and oxygen atoms in total. The molecule has 152 valence electrons. The van der Waals surface area contributed by atoms with Crippen LogP contribution >= 0.6 is 0 Å². The molecule has 0 spiro atoms. The highest BCUT2D eigenvalue weighted by molar-refractivity contribution is 7.95. The molecule has 0 aromatic heterocycles. The fraction of sp³-hybridized carbons (Fsp3) is 0.125. The molecule has 0 aliphatic heterocycles. The van der Waals surface area contributed by atoms with Crippen molar-refractivity contribution in [2.75, 3.05) is 6.61 Å². The Balaban J connectivity index is 1.90. The molecule has 3 aromatic carbocycles. The van der Waals surface area contributed by atoms with Crippen LogP contribution in [0.15, 0.2) is 88.7 Å². The van der Waals surface area contributed by atoms with E-state index < -0.39 is 9.84 Å². The number of rotatable bonds is 8. The fourth-order valence-corrected chi connectivity index (χ4v) is 3.97. The number of sulfone groups is 1. The minimum absolute atomic E-state index is 0.0747. The van der Waals surface area contributed by atoms with Gasteiger partial charge in [-0.2, -0.15) is 5.26 Å². The van der Waals surface area contributed by atoms with Crippen molar-refractivity contribution in [1.82, 2.24) is 0 Å². The molecule has 0 amide bonds. The number of benzene rings is 3. The van der Waals surface area contributed by atoms with Crippen molar-refractivity contribution >= 4 is 15.9 Å². The van der Waals surface area contributed by atoms with Gasteiger partial charge in [0, 0.05) is 0 Å². The maximum atomic E-state index is 12.8. The summed E-state index contributed by atoms with van der Waals surface area (Å²) in [6, 6.07) is 24.5. The molecule has 3 rings (SSSR count). The third-order valence-electron chi connectivity index (χ3n) is 4.26. The van der Waals surface area contributed by atoms with Crippen LogP contribution in [0, 0.1) is 11.3 Å². The van der Waals surface area contributed by atoms with Gasteiger partial charge in [-0.15, -0.1) is 0 Å². The van der Waals surface area contributed by atoms with E-state index in [1.807, 2.05) is 37.3 Å². The van der Waals surface area contributed by atoms with E-state index >= 15 is 0 Å². The van der Waals surface area contributed by atoms with Crippen LogP contribution in [0.4, 0.5) is 0 Å². The number of nitrogens with zero attached hydrogens (tertiary/aromatic N) is 1. The molecule has 0 bridgehead atoms. The van der Waals surface area contributed by atoms with Crippen molar-refractivity contribution in [2.24, 2.45) is 0 Å². The van der Waals surface area contributed by atoms with E-state index in [1.54, 1.807) is 42.5 Å². The highest BCUT2D eigenvalue weighted by atomic mass is 32.2. The number of hydrogen-bond acceptors (Lipinski definition) is 5. The summed E-state index contributed by atoms with van der Waals surface area (Å²) < 4.78 is 37.1. The SMILES string of the molecule is CCOc1cc(C=C(C#N)S(=O)(=O)c2ccccc2)ccc1OCc1ccccc1. The Morgan fingerprint density at radius 3 is 2.23 bits per heavy atom. The molecule has 0 radical (unpaired) electrons. The standard InChI is InChI=1S/C24H21NO4S/c1-2-28-24-16-20(13-14-23(24)29-18-19-9-5-3-6-10-19)15-22(17-25)30(26,27)21-11-7-4-8-12-21/h3-16H,2,18H2,1H3. The van der Waals surface area contributed by atoms with Gasteiger partial charge >= 0.3 is 0 Å². The quantitative estimate of drug-likeness (QED) is 0.480. The Labute approximate surface area is 176 Å². The number of nitriles is 1. The second kappa shape index (κ2) is 9.77. The van der Waals surface area contributed by atoms with Crippen molar-refractivity contribution in [2.45, 2.75) is 18.4 Å². The van der Waals surface area contributed by atoms with Gasteiger partial charge in [-0.1, -0.05) is 54.6 Å². The molecular formula is C24H21NO4S. The second-order valence-corrected chi connectivity index (χ2v) is 8.27. The van der Waals surface area contributed by atoms with Gasteiger partial charge in [0.1, 0.15) is 17.6 Å². The third kappa shape index (κ3) is 5.07. The lowest BCUT2D eigenvalue weighted by atomic mass is 10.2. The predicted octanol–water partition coefficient (Wildman–Crippen LogP) is 5.00. The molecule has 0 aliphatic rings. The first-order chi connectivity index (χ1) is 14.5. The third-order valence-corrected chi connectivity index (χ3v) is 5.94. The maximum absolute atomic E-state index is 12.8. The molecule has 0 saturated heterocycles. The number of ether oxygens (including phenoxy) is 2. The van der Waals surface area contributed by atoms with Crippen molar-refractivity contribution in [3.8, 4) is 17.6 Å². The second-order valence-electron chi connectivity index (χ2n) is 6.35. The van der Waals surface area contributed by atoms with Gasteiger partial charge in [-0.3, -0.25) is 0 Å². The van der Waals surface area contributed by atoms with Gasteiger partial charge in [-0.25, -0.2) is 8.42 Å². The van der Waals surface area contributed by atoms with Gasteiger partial charge in [0.05, 0.1) is 11.5 Å². The number of hydrogen-bond donors (Lipinski definition) is 0. The van der Waals surface area contributed by atoms with Crippen LogP contribution in [-0.2, 0) is 16.4 Å². The number of allylic oxidation sites excluding steroid dienone is 1. The highest BCUT2D eigenvalue weighted by Crippen LogP contribution is 2.31. The van der Waals surface area contributed by atoms with E-state index in [4.69, 9.17) is 9.47 Å². The Kier molecular flexibility index (Phi) is 6.89. The molecule has 0 unspecified atom stereocenters. The normalized spacial score (nSPS) is 11.5. The van der Waals surface area contributed by atoms with Crippen LogP contribution in [-0.4, -0.2) is 15.0 Å². The van der Waals surface area contributed by atoms with Crippen LogP contribution in [0.3, 0.4) is 0 Å². The van der Waals surface area contributed by atoms with E-state index in [0.717, 1.165) is 5.56 Å². The largest absolute Gasteiger partial charge is 0.490 e. The van der Waals surface area contributed by atoms with Crippen LogP contribution < -0.4 is 9.47 Å². The molecule has 0 N–H and O–H groups in total. The molecule has 3 aromatic rings. The summed E-state index contributed by atoms with van der Waals surface area (Å²) >= 11 is 0. The topological polar surface area (TPSA) is 76.4 Å². The first-order valence-electron chi connectivity index (χ1n) is 9.40. The minimum atomic E-state index is -3.90. The Morgan fingerprint density at radius 2 is 1.60 bits per heavy atom. The zero-order valence-corrected chi connectivity index (χ0v) is 17.3. The van der Waals surface area contributed by atoms with E-state index in [2.05, 4.69) is 0 Å². The smallest absolute Gasteiger partial charge is 0.216 e. The molecule has 0 atom stereocenters. The zero-order chi connectivity index (χ0) is 21.4. The summed E-state index contributed by atoms with van der Waals surface area (Å²) in [6.07, 6.45) is 1.34. The maximum Gasteiger partial charge on any atom is 0.216 e. The average Bonchev–Trinajstić information content (AvgIpc) is 2.78. The molecule has 6 heteroatoms. The van der Waals surface area contributed by atoms with Crippen molar-refractivity contribution in [3.63, 3.8) is 0 Å². The van der Waals surface area contributed by atoms with E-state index in [1.165, 1.54) is 18.2 Å². The molecule has 30 heavy (non-hydrogen) atoms. The van der Waals surface area contributed by atoms with Crippen LogP contribution in [0.2, 0.25) is 0 Å². The van der Waals surface area contributed by atoms with Gasteiger partial charge in [-0.05, 0) is 48.4 Å². The van der Waals surface area contributed by atoms with Crippen LogP contribution in [0.5, 0.6) is 11.5 Å². The lowest BCUT2D eigenvalue weighted by Crippen LogP contribution is -2.03. The summed E-state index contributed by atoms with van der Waals surface area (Å²) in [5.41, 5.74) is 1.55. The Morgan fingerprint density at radius 1 is 0.933 bits per heavy atom. The summed E-state index contributed by atoms with van der Waals surface area (Å²) in [5, 5.41) is 9.47. The van der Waals surface area contributed by atoms with Gasteiger partial charge in [0.2, 0.25) is 9.84 Å². The summed E-state index contributed by atoms with van der Waals surface area (Å²) in [5.74, 6) is 1.03. The first kappa shape index (κ1) is 21.2. The monoisotopic (exact) mass is 419 g/mol. The zero-order valence-electron chi connectivity index (χ0n) is 16.5. The molecule has 0 heterocycles. The molecule has 0 fully saturated rings. The van der Waals surface area contributed by atoms with Gasteiger partial charge < -0.3 is 9.47 Å². The van der Waals surface area contributed by atoms with Crippen molar-refractivity contribution in [3.05, 3.63) is 94.9 Å². The highest BCUT2D eigenvalue weighted by Gasteiger charge is 2.20. The van der Waals surface area contributed by atoms with Crippen molar-refractivity contribution < 1.29 is 17.9 Å². The summed E-state index contributed by atoms with van der Waals surface area (Å²) in [6.45, 7) is 2.65. The minimum Gasteiger partial charge on any atom is -0.490 e. The van der Waals surface area contributed by atoms with Crippen LogP contribution in [0.25, 0.3) is 6.08 Å². The van der Waals surface area contributed by atoms with Crippen LogP contribution in [0.1, 0.15) is 18.1 Å². The van der Waals surface area contributed by atoms with E-state index in [-0.39, 0.29) is 9.80 Å². The molecule has 0 saturated carbocycles. The predicted molar refractivity (Wildman–Crippen MR) is 116 cm³/mol. The first-order valence-corrected chi connectivity index (χ1v) is 10.9. The lowest BCUT2D eigenvalue weighted by Gasteiger charge is -2.13. The Bertz CT molecular complexity index is 1160. The van der Waals surface area contributed by atoms with Crippen molar-refractivity contribution in [1.29, 1.82) is 5.26 Å².